The van der Waals surface area contributed by atoms with E-state index in [1.165, 1.54) is 34.1 Å². The number of amides is 2. The predicted molar refractivity (Wildman–Crippen MR) is 75.3 cm³/mol. The minimum atomic E-state index is -0.490. The number of halogens is 1. The van der Waals surface area contributed by atoms with E-state index in [1.807, 2.05) is 0 Å². The van der Waals surface area contributed by atoms with Crippen molar-refractivity contribution in [3.8, 4) is 5.75 Å². The molecule has 1 saturated heterocycles. The molecule has 1 aliphatic rings. The van der Waals surface area contributed by atoms with Crippen molar-refractivity contribution in [1.29, 1.82) is 0 Å². The van der Waals surface area contributed by atoms with Gasteiger partial charge in [0.05, 0.1) is 6.54 Å². The smallest absolute Gasteiger partial charge is 0.245 e. The summed E-state index contributed by atoms with van der Waals surface area (Å²) in [4.78, 5) is 27.2. The molecular weight excluding hydrogens is 275 g/mol. The Morgan fingerprint density at radius 2 is 1.71 bits per heavy atom. The lowest BCUT2D eigenvalue weighted by atomic mass is 10.1. The van der Waals surface area contributed by atoms with Gasteiger partial charge >= 0.3 is 0 Å². The standard InChI is InChI=1S/C15H19FN2O3/c1-10-15(20)18(11(2)14(19)17(10)3)8-9-21-13-6-4-12(16)5-7-13/h4-7,10-11H,8-9H2,1-3H3/t10-,11-/m0/s1. The molecule has 0 aliphatic carbocycles. The van der Waals surface area contributed by atoms with Crippen LogP contribution in [0.3, 0.4) is 0 Å². The fourth-order valence-electron chi connectivity index (χ4n) is 2.31. The molecule has 2 amide bonds. The summed E-state index contributed by atoms with van der Waals surface area (Å²) in [5.41, 5.74) is 0. The zero-order valence-electron chi connectivity index (χ0n) is 12.4. The Hall–Kier alpha value is -2.11. The van der Waals surface area contributed by atoms with Crippen LogP contribution in [0.1, 0.15) is 13.8 Å². The fraction of sp³-hybridized carbons (Fsp3) is 0.467. The van der Waals surface area contributed by atoms with Gasteiger partial charge in [-0.05, 0) is 38.1 Å². The molecule has 0 bridgehead atoms. The lowest BCUT2D eigenvalue weighted by Crippen LogP contribution is -2.62. The maximum absolute atomic E-state index is 12.8. The Labute approximate surface area is 123 Å². The third-order valence-corrected chi connectivity index (χ3v) is 3.81. The summed E-state index contributed by atoms with van der Waals surface area (Å²) >= 11 is 0. The van der Waals surface area contributed by atoms with Crippen LogP contribution in [-0.2, 0) is 9.59 Å². The third kappa shape index (κ3) is 3.15. The van der Waals surface area contributed by atoms with Crippen molar-refractivity contribution in [2.45, 2.75) is 25.9 Å². The van der Waals surface area contributed by atoms with Crippen molar-refractivity contribution in [2.24, 2.45) is 0 Å². The summed E-state index contributed by atoms with van der Waals surface area (Å²) < 4.78 is 18.2. The quantitative estimate of drug-likeness (QED) is 0.840. The van der Waals surface area contributed by atoms with Crippen LogP contribution in [-0.4, -0.2) is 53.9 Å². The van der Waals surface area contributed by atoms with E-state index >= 15 is 0 Å². The van der Waals surface area contributed by atoms with E-state index in [1.54, 1.807) is 20.9 Å². The fourth-order valence-corrected chi connectivity index (χ4v) is 2.31. The highest BCUT2D eigenvalue weighted by Gasteiger charge is 2.39. The van der Waals surface area contributed by atoms with Crippen LogP contribution in [0, 0.1) is 5.82 Å². The Kier molecular flexibility index (Phi) is 4.45. The Morgan fingerprint density at radius 1 is 1.10 bits per heavy atom. The molecule has 5 nitrogen and oxygen atoms in total. The van der Waals surface area contributed by atoms with Crippen molar-refractivity contribution >= 4 is 11.8 Å². The molecule has 0 radical (unpaired) electrons. The highest BCUT2D eigenvalue weighted by molar-refractivity contribution is 5.96. The van der Waals surface area contributed by atoms with Gasteiger partial charge in [0.15, 0.2) is 0 Å². The normalized spacial score (nSPS) is 22.7. The Balaban J connectivity index is 1.94. The molecule has 1 aliphatic heterocycles. The second-order valence-corrected chi connectivity index (χ2v) is 5.14. The number of likely N-dealkylation sites (N-methyl/N-ethyl adjacent to an activating group) is 1. The van der Waals surface area contributed by atoms with Crippen molar-refractivity contribution < 1.29 is 18.7 Å². The topological polar surface area (TPSA) is 49.9 Å². The van der Waals surface area contributed by atoms with Gasteiger partial charge in [0.2, 0.25) is 11.8 Å². The molecule has 1 heterocycles. The van der Waals surface area contributed by atoms with E-state index in [9.17, 15) is 14.0 Å². The van der Waals surface area contributed by atoms with Crippen LogP contribution in [0.2, 0.25) is 0 Å². The minimum Gasteiger partial charge on any atom is -0.492 e. The van der Waals surface area contributed by atoms with Crippen LogP contribution in [0.15, 0.2) is 24.3 Å². The maximum atomic E-state index is 12.8. The first kappa shape index (κ1) is 15.3. The SMILES string of the molecule is C[C@H]1C(=O)N(CCOc2ccc(F)cc2)[C@@H](C)C(=O)N1C. The van der Waals surface area contributed by atoms with Crippen LogP contribution in [0.25, 0.3) is 0 Å². The highest BCUT2D eigenvalue weighted by atomic mass is 19.1. The van der Waals surface area contributed by atoms with Gasteiger partial charge in [-0.15, -0.1) is 0 Å². The number of hydrogen-bond donors (Lipinski definition) is 0. The van der Waals surface area contributed by atoms with Gasteiger partial charge in [-0.1, -0.05) is 0 Å². The molecule has 6 heteroatoms. The Bertz CT molecular complexity index is 532. The van der Waals surface area contributed by atoms with Crippen molar-refractivity contribution in [2.75, 3.05) is 20.2 Å². The molecule has 0 spiro atoms. The summed E-state index contributed by atoms with van der Waals surface area (Å²) in [5, 5.41) is 0. The molecule has 21 heavy (non-hydrogen) atoms. The molecule has 114 valence electrons. The summed E-state index contributed by atoms with van der Waals surface area (Å²) in [5.74, 6) is 0.0332. The molecule has 1 fully saturated rings. The lowest BCUT2D eigenvalue weighted by molar-refractivity contribution is -0.158. The van der Waals surface area contributed by atoms with Crippen molar-refractivity contribution in [1.82, 2.24) is 9.80 Å². The molecule has 1 aromatic rings. The zero-order chi connectivity index (χ0) is 15.6. The maximum Gasteiger partial charge on any atom is 0.245 e. The van der Waals surface area contributed by atoms with Gasteiger partial charge in [0, 0.05) is 7.05 Å². The summed E-state index contributed by atoms with van der Waals surface area (Å²) in [6.07, 6.45) is 0. The number of ether oxygens (including phenoxy) is 1. The first-order valence-electron chi connectivity index (χ1n) is 6.87. The van der Waals surface area contributed by atoms with Crippen LogP contribution >= 0.6 is 0 Å². The first-order chi connectivity index (χ1) is 9.91. The molecule has 0 N–H and O–H groups in total. The van der Waals surface area contributed by atoms with Gasteiger partial charge in [0.1, 0.15) is 30.3 Å². The average Bonchev–Trinajstić information content (AvgIpc) is 2.48. The number of carbonyl (C=O) groups is 2. The molecule has 0 saturated carbocycles. The second kappa shape index (κ2) is 6.11. The van der Waals surface area contributed by atoms with Gasteiger partial charge in [-0.2, -0.15) is 0 Å². The van der Waals surface area contributed by atoms with E-state index in [2.05, 4.69) is 0 Å². The first-order valence-corrected chi connectivity index (χ1v) is 6.87. The predicted octanol–water partition coefficient (Wildman–Crippen LogP) is 1.28. The van der Waals surface area contributed by atoms with E-state index in [-0.39, 0.29) is 24.2 Å². The van der Waals surface area contributed by atoms with E-state index < -0.39 is 12.1 Å². The largest absolute Gasteiger partial charge is 0.492 e. The summed E-state index contributed by atoms with van der Waals surface area (Å²) in [6, 6.07) is 4.72. The summed E-state index contributed by atoms with van der Waals surface area (Å²) in [6.45, 7) is 3.99. The molecule has 2 rings (SSSR count). The number of carbonyl (C=O) groups excluding carboxylic acids is 2. The molecular formula is C15H19FN2O3. The second-order valence-electron chi connectivity index (χ2n) is 5.14. The third-order valence-electron chi connectivity index (χ3n) is 3.81. The molecule has 0 aromatic heterocycles. The minimum absolute atomic E-state index is 0.0797. The van der Waals surface area contributed by atoms with Crippen LogP contribution in [0.5, 0.6) is 5.75 Å². The lowest BCUT2D eigenvalue weighted by Gasteiger charge is -2.40. The molecule has 1 aromatic carbocycles. The highest BCUT2D eigenvalue weighted by Crippen LogP contribution is 2.17. The number of benzene rings is 1. The van der Waals surface area contributed by atoms with Gasteiger partial charge in [-0.3, -0.25) is 9.59 Å². The van der Waals surface area contributed by atoms with Crippen molar-refractivity contribution in [3.05, 3.63) is 30.1 Å². The van der Waals surface area contributed by atoms with Crippen LogP contribution in [0.4, 0.5) is 4.39 Å². The molecule has 2 atom stereocenters. The number of nitrogens with zero attached hydrogens (tertiary/aromatic N) is 2. The van der Waals surface area contributed by atoms with E-state index in [0.29, 0.717) is 12.3 Å². The van der Waals surface area contributed by atoms with E-state index in [0.717, 1.165) is 0 Å². The van der Waals surface area contributed by atoms with Gasteiger partial charge in [0.25, 0.3) is 0 Å². The molecule has 0 unspecified atom stereocenters. The zero-order valence-corrected chi connectivity index (χ0v) is 12.4. The van der Waals surface area contributed by atoms with Crippen LogP contribution < -0.4 is 4.74 Å². The van der Waals surface area contributed by atoms with Gasteiger partial charge in [-0.25, -0.2) is 4.39 Å². The summed E-state index contributed by atoms with van der Waals surface area (Å²) in [7, 11) is 1.63. The number of hydrogen-bond acceptors (Lipinski definition) is 3. The monoisotopic (exact) mass is 294 g/mol. The number of rotatable bonds is 4. The average molecular weight is 294 g/mol. The Morgan fingerprint density at radius 3 is 2.33 bits per heavy atom. The van der Waals surface area contributed by atoms with E-state index in [4.69, 9.17) is 4.74 Å². The number of piperazine rings is 1. The van der Waals surface area contributed by atoms with Crippen molar-refractivity contribution in [3.63, 3.8) is 0 Å². The van der Waals surface area contributed by atoms with Gasteiger partial charge < -0.3 is 14.5 Å².